The molecule has 0 aliphatic heterocycles. The molecule has 0 aliphatic carbocycles. The van der Waals surface area contributed by atoms with Crippen molar-refractivity contribution < 1.29 is 5.11 Å². The Morgan fingerprint density at radius 2 is 2.15 bits per heavy atom. The molecule has 64 valence electrons. The van der Waals surface area contributed by atoms with Crippen molar-refractivity contribution in [3.63, 3.8) is 0 Å². The van der Waals surface area contributed by atoms with Gasteiger partial charge in [-0.3, -0.25) is 0 Å². The van der Waals surface area contributed by atoms with Crippen molar-refractivity contribution in [2.24, 2.45) is 0 Å². The van der Waals surface area contributed by atoms with E-state index in [9.17, 15) is 0 Å². The Hall–Kier alpha value is -1.30. The zero-order valence-corrected chi connectivity index (χ0v) is 7.77. The predicted octanol–water partition coefficient (Wildman–Crippen LogP) is 2.37. The fraction of sp³-hybridized carbons (Fsp3) is 0.0909. The fourth-order valence-electron chi connectivity index (χ4n) is 1.37. The Balaban J connectivity index is 2.83. The molecule has 2 heteroatoms. The molecule has 1 aromatic heterocycles. The molecular formula is C11H8OS. The average Bonchev–Trinajstić information content (AvgIpc) is 2.55. The lowest BCUT2D eigenvalue weighted by Gasteiger charge is -1.90. The summed E-state index contributed by atoms with van der Waals surface area (Å²) in [4.78, 5) is 0.878. The zero-order valence-electron chi connectivity index (χ0n) is 6.95. The number of aliphatic hydroxyl groups excluding tert-OH is 1. The van der Waals surface area contributed by atoms with E-state index < -0.39 is 0 Å². The zero-order chi connectivity index (χ0) is 9.26. The lowest BCUT2D eigenvalue weighted by atomic mass is 10.1. The summed E-state index contributed by atoms with van der Waals surface area (Å²) in [5.41, 5.74) is 0.836. The molecule has 2 aromatic rings. The van der Waals surface area contributed by atoms with Crippen molar-refractivity contribution in [1.82, 2.24) is 0 Å². The summed E-state index contributed by atoms with van der Waals surface area (Å²) in [5.74, 6) is 2.62. The van der Waals surface area contributed by atoms with Gasteiger partial charge in [-0.1, -0.05) is 24.1 Å². The molecule has 1 N–H and O–H groups in total. The Bertz CT molecular complexity index is 476. The topological polar surface area (TPSA) is 20.2 Å². The van der Waals surface area contributed by atoms with Gasteiger partial charge >= 0.3 is 0 Å². The van der Waals surface area contributed by atoms with Crippen molar-refractivity contribution in [1.29, 1.82) is 0 Å². The smallest absolute Gasteiger partial charge is 0.0787 e. The number of rotatable bonds is 1. The molecule has 0 bridgehead atoms. The van der Waals surface area contributed by atoms with Crippen LogP contribution in [0, 0.1) is 12.3 Å². The maximum Gasteiger partial charge on any atom is 0.0787 e. The van der Waals surface area contributed by atoms with Crippen molar-refractivity contribution >= 4 is 21.4 Å². The first-order valence-corrected chi connectivity index (χ1v) is 4.76. The molecule has 0 amide bonds. The van der Waals surface area contributed by atoms with E-state index in [1.807, 2.05) is 24.3 Å². The number of thiophene rings is 1. The number of aliphatic hydroxyl groups is 1. The van der Waals surface area contributed by atoms with E-state index in [1.54, 1.807) is 11.3 Å². The Kier molecular flexibility index (Phi) is 2.05. The summed E-state index contributed by atoms with van der Waals surface area (Å²) in [6.07, 6.45) is 5.38. The molecule has 1 nitrogen and oxygen atoms in total. The van der Waals surface area contributed by atoms with Gasteiger partial charge in [0.15, 0.2) is 0 Å². The summed E-state index contributed by atoms with van der Waals surface area (Å²) in [6.45, 7) is 0.0267. The molecule has 2 rings (SSSR count). The lowest BCUT2D eigenvalue weighted by molar-refractivity contribution is 0.285. The van der Waals surface area contributed by atoms with Crippen LogP contribution in [0.15, 0.2) is 24.3 Å². The SMILES string of the molecule is C#Cc1c(CO)sc2ccccc12. The first-order valence-electron chi connectivity index (χ1n) is 3.94. The quantitative estimate of drug-likeness (QED) is 0.681. The summed E-state index contributed by atoms with van der Waals surface area (Å²) >= 11 is 1.56. The first-order chi connectivity index (χ1) is 6.36. The Morgan fingerprint density at radius 1 is 1.38 bits per heavy atom. The molecule has 1 heterocycles. The maximum absolute atomic E-state index is 9.07. The second-order valence-electron chi connectivity index (χ2n) is 2.70. The van der Waals surface area contributed by atoms with Gasteiger partial charge in [0, 0.05) is 20.5 Å². The molecule has 0 radical (unpaired) electrons. The molecule has 0 atom stereocenters. The van der Waals surface area contributed by atoms with Crippen LogP contribution < -0.4 is 0 Å². The minimum Gasteiger partial charge on any atom is -0.391 e. The first kappa shape index (κ1) is 8.31. The van der Waals surface area contributed by atoms with Crippen LogP contribution in [-0.4, -0.2) is 5.11 Å². The van der Waals surface area contributed by atoms with E-state index in [2.05, 4.69) is 5.92 Å². The van der Waals surface area contributed by atoms with Gasteiger partial charge in [-0.15, -0.1) is 17.8 Å². The molecule has 13 heavy (non-hydrogen) atoms. The largest absolute Gasteiger partial charge is 0.391 e. The van der Waals surface area contributed by atoms with Crippen LogP contribution in [0.25, 0.3) is 10.1 Å². The van der Waals surface area contributed by atoms with Gasteiger partial charge in [0.2, 0.25) is 0 Å². The van der Waals surface area contributed by atoms with Crippen molar-refractivity contribution in [2.75, 3.05) is 0 Å². The molecular weight excluding hydrogens is 180 g/mol. The fourth-order valence-corrected chi connectivity index (χ4v) is 2.39. The predicted molar refractivity (Wildman–Crippen MR) is 55.7 cm³/mol. The van der Waals surface area contributed by atoms with Gasteiger partial charge in [-0.25, -0.2) is 0 Å². The normalized spacial score (nSPS) is 10.2. The van der Waals surface area contributed by atoms with Crippen LogP contribution in [0.4, 0.5) is 0 Å². The van der Waals surface area contributed by atoms with E-state index in [1.165, 1.54) is 0 Å². The van der Waals surface area contributed by atoms with Gasteiger partial charge in [0.25, 0.3) is 0 Å². The van der Waals surface area contributed by atoms with Crippen LogP contribution in [0.3, 0.4) is 0 Å². The second-order valence-corrected chi connectivity index (χ2v) is 3.84. The third-order valence-electron chi connectivity index (χ3n) is 1.96. The van der Waals surface area contributed by atoms with Gasteiger partial charge in [-0.05, 0) is 6.07 Å². The number of fused-ring (bicyclic) bond motifs is 1. The highest BCUT2D eigenvalue weighted by atomic mass is 32.1. The van der Waals surface area contributed by atoms with Crippen molar-refractivity contribution in [3.8, 4) is 12.3 Å². The van der Waals surface area contributed by atoms with Crippen LogP contribution in [-0.2, 0) is 6.61 Å². The Labute approximate surface area is 80.6 Å². The molecule has 1 aromatic carbocycles. The average molecular weight is 188 g/mol. The van der Waals surface area contributed by atoms with E-state index in [0.717, 1.165) is 20.5 Å². The van der Waals surface area contributed by atoms with Gasteiger partial charge in [0.1, 0.15) is 0 Å². The maximum atomic E-state index is 9.07. The highest BCUT2D eigenvalue weighted by Gasteiger charge is 2.07. The standard InChI is InChI=1S/C11H8OS/c1-2-8-9-5-3-4-6-10(9)13-11(8)7-12/h1,3-6,12H,7H2. The van der Waals surface area contributed by atoms with E-state index in [0.29, 0.717) is 0 Å². The van der Waals surface area contributed by atoms with Gasteiger partial charge < -0.3 is 5.11 Å². The van der Waals surface area contributed by atoms with Crippen LogP contribution >= 0.6 is 11.3 Å². The highest BCUT2D eigenvalue weighted by molar-refractivity contribution is 7.19. The minimum absolute atomic E-state index is 0.0267. The monoisotopic (exact) mass is 188 g/mol. The third kappa shape index (κ3) is 1.23. The lowest BCUT2D eigenvalue weighted by Crippen LogP contribution is -1.80. The number of terminal acetylenes is 1. The third-order valence-corrected chi connectivity index (χ3v) is 3.11. The van der Waals surface area contributed by atoms with Crippen LogP contribution in [0.2, 0.25) is 0 Å². The molecule has 0 aliphatic rings. The Morgan fingerprint density at radius 3 is 2.85 bits per heavy atom. The van der Waals surface area contributed by atoms with Crippen molar-refractivity contribution in [3.05, 3.63) is 34.7 Å². The molecule has 0 fully saturated rings. The number of hydrogen-bond acceptors (Lipinski definition) is 2. The number of hydrogen-bond donors (Lipinski definition) is 1. The molecule has 0 saturated carbocycles. The molecule has 0 saturated heterocycles. The second kappa shape index (κ2) is 3.21. The van der Waals surface area contributed by atoms with E-state index >= 15 is 0 Å². The molecule has 0 spiro atoms. The summed E-state index contributed by atoms with van der Waals surface area (Å²) in [5, 5.41) is 10.1. The summed E-state index contributed by atoms with van der Waals surface area (Å²) in [7, 11) is 0. The van der Waals surface area contributed by atoms with Crippen LogP contribution in [0.1, 0.15) is 10.4 Å². The molecule has 0 unspecified atom stereocenters. The van der Waals surface area contributed by atoms with Crippen molar-refractivity contribution in [2.45, 2.75) is 6.61 Å². The summed E-state index contributed by atoms with van der Waals surface area (Å²) < 4.78 is 1.14. The van der Waals surface area contributed by atoms with Gasteiger partial charge in [-0.2, -0.15) is 0 Å². The minimum atomic E-state index is 0.0267. The van der Waals surface area contributed by atoms with Crippen LogP contribution in [0.5, 0.6) is 0 Å². The highest BCUT2D eigenvalue weighted by Crippen LogP contribution is 2.30. The van der Waals surface area contributed by atoms with Gasteiger partial charge in [0.05, 0.1) is 6.61 Å². The van der Waals surface area contributed by atoms with E-state index in [4.69, 9.17) is 11.5 Å². The number of benzene rings is 1. The van der Waals surface area contributed by atoms with E-state index in [-0.39, 0.29) is 6.61 Å². The summed E-state index contributed by atoms with van der Waals surface area (Å²) in [6, 6.07) is 7.93.